The SMILES string of the molecule is Cc1ccc([C@@H](NC(=O)c2ccc(C)[nH]c2=O)c2cccs2)cc1. The first-order chi connectivity index (χ1) is 11.5. The predicted octanol–water partition coefficient (Wildman–Crippen LogP) is 3.57. The number of aromatic amines is 1. The Kier molecular flexibility index (Phi) is 4.62. The first-order valence-electron chi connectivity index (χ1n) is 7.65. The fourth-order valence-electron chi connectivity index (χ4n) is 2.49. The summed E-state index contributed by atoms with van der Waals surface area (Å²) in [6, 6.07) is 15.0. The summed E-state index contributed by atoms with van der Waals surface area (Å²) in [6.07, 6.45) is 0. The van der Waals surface area contributed by atoms with Crippen LogP contribution < -0.4 is 10.9 Å². The van der Waals surface area contributed by atoms with Gasteiger partial charge in [-0.3, -0.25) is 9.59 Å². The molecule has 0 aliphatic heterocycles. The van der Waals surface area contributed by atoms with Gasteiger partial charge in [-0.25, -0.2) is 0 Å². The van der Waals surface area contributed by atoms with Crippen molar-refractivity contribution in [1.29, 1.82) is 0 Å². The summed E-state index contributed by atoms with van der Waals surface area (Å²) in [5.74, 6) is -0.379. The Labute approximate surface area is 144 Å². The van der Waals surface area contributed by atoms with Crippen LogP contribution in [0.1, 0.15) is 38.1 Å². The van der Waals surface area contributed by atoms with Crippen molar-refractivity contribution in [2.45, 2.75) is 19.9 Å². The molecule has 24 heavy (non-hydrogen) atoms. The average molecular weight is 338 g/mol. The number of benzene rings is 1. The lowest BCUT2D eigenvalue weighted by molar-refractivity contribution is 0.0942. The van der Waals surface area contributed by atoms with E-state index in [1.165, 1.54) is 0 Å². The van der Waals surface area contributed by atoms with Gasteiger partial charge in [0.1, 0.15) is 5.56 Å². The quantitative estimate of drug-likeness (QED) is 0.764. The van der Waals surface area contributed by atoms with E-state index in [1.54, 1.807) is 30.4 Å². The largest absolute Gasteiger partial charge is 0.340 e. The van der Waals surface area contributed by atoms with E-state index in [2.05, 4.69) is 10.3 Å². The molecule has 0 aliphatic rings. The molecule has 2 heterocycles. The summed E-state index contributed by atoms with van der Waals surface area (Å²) in [5, 5.41) is 4.96. The minimum Gasteiger partial charge on any atom is -0.340 e. The van der Waals surface area contributed by atoms with Crippen LogP contribution in [0, 0.1) is 13.8 Å². The van der Waals surface area contributed by atoms with E-state index in [9.17, 15) is 9.59 Å². The zero-order valence-electron chi connectivity index (χ0n) is 13.5. The molecule has 3 rings (SSSR count). The number of aryl methyl sites for hydroxylation is 2. The molecule has 3 aromatic rings. The van der Waals surface area contributed by atoms with Crippen molar-refractivity contribution in [3.05, 3.63) is 91.5 Å². The smallest absolute Gasteiger partial charge is 0.260 e. The van der Waals surface area contributed by atoms with E-state index >= 15 is 0 Å². The Bertz CT molecular complexity index is 896. The van der Waals surface area contributed by atoms with Gasteiger partial charge in [-0.2, -0.15) is 0 Å². The summed E-state index contributed by atoms with van der Waals surface area (Å²) in [4.78, 5) is 28.3. The maximum atomic E-state index is 12.6. The van der Waals surface area contributed by atoms with Crippen LogP contribution in [-0.2, 0) is 0 Å². The molecule has 4 nitrogen and oxygen atoms in total. The Hall–Kier alpha value is -2.66. The van der Waals surface area contributed by atoms with Crippen LogP contribution >= 0.6 is 11.3 Å². The number of pyridine rings is 1. The highest BCUT2D eigenvalue weighted by molar-refractivity contribution is 7.10. The molecular formula is C19H18N2O2S. The maximum absolute atomic E-state index is 12.6. The molecule has 0 radical (unpaired) electrons. The monoisotopic (exact) mass is 338 g/mol. The van der Waals surface area contributed by atoms with Crippen molar-refractivity contribution in [3.63, 3.8) is 0 Å². The highest BCUT2D eigenvalue weighted by Gasteiger charge is 2.20. The highest BCUT2D eigenvalue weighted by Crippen LogP contribution is 2.26. The topological polar surface area (TPSA) is 62.0 Å². The Morgan fingerprint density at radius 3 is 2.46 bits per heavy atom. The summed E-state index contributed by atoms with van der Waals surface area (Å²) < 4.78 is 0. The van der Waals surface area contributed by atoms with Crippen molar-refractivity contribution in [1.82, 2.24) is 10.3 Å². The van der Waals surface area contributed by atoms with Gasteiger partial charge in [-0.05, 0) is 43.0 Å². The number of rotatable bonds is 4. The van der Waals surface area contributed by atoms with E-state index in [4.69, 9.17) is 0 Å². The third kappa shape index (κ3) is 3.46. The van der Waals surface area contributed by atoms with Crippen molar-refractivity contribution < 1.29 is 4.79 Å². The van der Waals surface area contributed by atoms with Gasteiger partial charge < -0.3 is 10.3 Å². The zero-order chi connectivity index (χ0) is 17.1. The number of hydrogen-bond acceptors (Lipinski definition) is 3. The lowest BCUT2D eigenvalue weighted by Crippen LogP contribution is -2.33. The van der Waals surface area contributed by atoms with Crippen LogP contribution in [0.15, 0.2) is 58.7 Å². The summed E-state index contributed by atoms with van der Waals surface area (Å²) in [6.45, 7) is 3.80. The third-order valence-corrected chi connectivity index (χ3v) is 4.75. The van der Waals surface area contributed by atoms with Gasteiger partial charge in [0.15, 0.2) is 0 Å². The molecular weight excluding hydrogens is 320 g/mol. The van der Waals surface area contributed by atoms with Crippen LogP contribution in [0.5, 0.6) is 0 Å². The molecule has 0 fully saturated rings. The van der Waals surface area contributed by atoms with Crippen molar-refractivity contribution >= 4 is 17.2 Å². The van der Waals surface area contributed by atoms with E-state index in [-0.39, 0.29) is 23.1 Å². The van der Waals surface area contributed by atoms with Crippen LogP contribution in [-0.4, -0.2) is 10.9 Å². The van der Waals surface area contributed by atoms with Gasteiger partial charge in [-0.15, -0.1) is 11.3 Å². The number of nitrogens with one attached hydrogen (secondary N) is 2. The van der Waals surface area contributed by atoms with Crippen molar-refractivity contribution in [3.8, 4) is 0 Å². The number of aromatic nitrogens is 1. The second-order valence-corrected chi connectivity index (χ2v) is 6.70. The third-order valence-electron chi connectivity index (χ3n) is 3.81. The number of carbonyl (C=O) groups is 1. The molecule has 0 unspecified atom stereocenters. The number of carbonyl (C=O) groups excluding carboxylic acids is 1. The van der Waals surface area contributed by atoms with E-state index in [0.717, 1.165) is 21.7 Å². The number of hydrogen-bond donors (Lipinski definition) is 2. The minimum absolute atomic E-state index is 0.120. The van der Waals surface area contributed by atoms with Gasteiger partial charge in [0, 0.05) is 10.6 Å². The lowest BCUT2D eigenvalue weighted by Gasteiger charge is -2.18. The van der Waals surface area contributed by atoms with Gasteiger partial charge in [-0.1, -0.05) is 35.9 Å². The molecule has 2 N–H and O–H groups in total. The number of amides is 1. The number of thiophene rings is 1. The zero-order valence-corrected chi connectivity index (χ0v) is 14.3. The van der Waals surface area contributed by atoms with Crippen LogP contribution in [0.25, 0.3) is 0 Å². The van der Waals surface area contributed by atoms with Crippen LogP contribution in [0.4, 0.5) is 0 Å². The van der Waals surface area contributed by atoms with Gasteiger partial charge in [0.2, 0.25) is 0 Å². The van der Waals surface area contributed by atoms with Gasteiger partial charge in [0.25, 0.3) is 11.5 Å². The highest BCUT2D eigenvalue weighted by atomic mass is 32.1. The minimum atomic E-state index is -0.379. The summed E-state index contributed by atoms with van der Waals surface area (Å²) >= 11 is 1.57. The van der Waals surface area contributed by atoms with Crippen LogP contribution in [0.2, 0.25) is 0 Å². The molecule has 0 saturated heterocycles. The maximum Gasteiger partial charge on any atom is 0.260 e. The first-order valence-corrected chi connectivity index (χ1v) is 8.53. The fourth-order valence-corrected chi connectivity index (χ4v) is 3.30. The van der Waals surface area contributed by atoms with E-state index in [1.807, 2.05) is 48.7 Å². The molecule has 1 atom stereocenters. The Morgan fingerprint density at radius 2 is 1.83 bits per heavy atom. The summed E-state index contributed by atoms with van der Waals surface area (Å²) in [7, 11) is 0. The van der Waals surface area contributed by atoms with Crippen molar-refractivity contribution in [2.24, 2.45) is 0 Å². The molecule has 0 bridgehead atoms. The molecule has 1 aromatic carbocycles. The molecule has 1 amide bonds. The fraction of sp³-hybridized carbons (Fsp3) is 0.158. The normalized spacial score (nSPS) is 11.9. The Morgan fingerprint density at radius 1 is 1.08 bits per heavy atom. The molecule has 0 aliphatic carbocycles. The second-order valence-electron chi connectivity index (χ2n) is 5.72. The molecule has 0 spiro atoms. The second kappa shape index (κ2) is 6.84. The summed E-state index contributed by atoms with van der Waals surface area (Å²) in [5.41, 5.74) is 2.62. The molecule has 2 aromatic heterocycles. The lowest BCUT2D eigenvalue weighted by atomic mass is 10.0. The molecule has 5 heteroatoms. The molecule has 0 saturated carbocycles. The van der Waals surface area contributed by atoms with Gasteiger partial charge in [0.05, 0.1) is 6.04 Å². The van der Waals surface area contributed by atoms with E-state index in [0.29, 0.717) is 0 Å². The average Bonchev–Trinajstić information content (AvgIpc) is 3.07. The Balaban J connectivity index is 1.93. The molecule has 122 valence electrons. The van der Waals surface area contributed by atoms with Crippen molar-refractivity contribution in [2.75, 3.05) is 0 Å². The van der Waals surface area contributed by atoms with Crippen LogP contribution in [0.3, 0.4) is 0 Å². The van der Waals surface area contributed by atoms with Gasteiger partial charge >= 0.3 is 0 Å². The predicted molar refractivity (Wildman–Crippen MR) is 96.6 cm³/mol. The first kappa shape index (κ1) is 16.2. The number of H-pyrrole nitrogens is 1. The van der Waals surface area contributed by atoms with E-state index < -0.39 is 0 Å². The standard InChI is InChI=1S/C19H18N2O2S/c1-12-5-8-14(9-6-12)17(16-4-3-11-24-16)21-19(23)15-10-7-13(2)20-18(15)22/h3-11,17H,1-2H3,(H,20,22)(H,21,23)/t17-/m1/s1.